The molecule has 1 aliphatic heterocycles. The van der Waals surface area contributed by atoms with Crippen molar-refractivity contribution in [3.8, 4) is 0 Å². The zero-order chi connectivity index (χ0) is 11.5. The van der Waals surface area contributed by atoms with E-state index in [1.54, 1.807) is 6.92 Å². The van der Waals surface area contributed by atoms with Gasteiger partial charge in [0.15, 0.2) is 0 Å². The monoisotopic (exact) mass is 224 g/mol. The Hall–Kier alpha value is -1.52. The van der Waals surface area contributed by atoms with E-state index < -0.39 is 6.09 Å². The van der Waals surface area contributed by atoms with E-state index >= 15 is 0 Å². The van der Waals surface area contributed by atoms with Crippen molar-refractivity contribution < 1.29 is 14.3 Å². The maximum atomic E-state index is 11.6. The summed E-state index contributed by atoms with van der Waals surface area (Å²) in [5, 5.41) is 5.56. The molecule has 2 rings (SSSR count). The summed E-state index contributed by atoms with van der Waals surface area (Å²) in [5.74, 6) is 0.0822. The third kappa shape index (κ3) is 2.03. The van der Waals surface area contributed by atoms with Gasteiger partial charge in [-0.25, -0.2) is 4.79 Å². The third-order valence-electron chi connectivity index (χ3n) is 3.06. The average molecular weight is 224 g/mol. The first kappa shape index (κ1) is 11.0. The van der Waals surface area contributed by atoms with Gasteiger partial charge in [0.25, 0.3) is 0 Å². The Kier molecular flexibility index (Phi) is 3.12. The van der Waals surface area contributed by atoms with Crippen molar-refractivity contribution in [2.45, 2.75) is 19.4 Å². The Morgan fingerprint density at radius 2 is 2.50 bits per heavy atom. The Bertz CT molecular complexity index is 327. The highest BCUT2D eigenvalue weighted by atomic mass is 16.5. The smallest absolute Gasteiger partial charge is 0.407 e. The molecule has 0 aromatic rings. The van der Waals surface area contributed by atoms with Crippen LogP contribution in [0.1, 0.15) is 13.3 Å². The van der Waals surface area contributed by atoms with Gasteiger partial charge in [-0.1, -0.05) is 12.2 Å². The van der Waals surface area contributed by atoms with Crippen LogP contribution < -0.4 is 10.6 Å². The molecule has 2 N–H and O–H groups in total. The minimum absolute atomic E-state index is 0.0242. The molecule has 88 valence electrons. The van der Waals surface area contributed by atoms with Gasteiger partial charge in [0.1, 0.15) is 0 Å². The highest BCUT2D eigenvalue weighted by molar-refractivity contribution is 5.83. The van der Waals surface area contributed by atoms with Crippen molar-refractivity contribution in [3.05, 3.63) is 12.2 Å². The van der Waals surface area contributed by atoms with Crippen molar-refractivity contribution in [3.63, 3.8) is 0 Å². The number of hydrogen-bond donors (Lipinski definition) is 2. The molecule has 0 saturated carbocycles. The van der Waals surface area contributed by atoms with Crippen LogP contribution in [0.25, 0.3) is 0 Å². The summed E-state index contributed by atoms with van der Waals surface area (Å²) in [6.07, 6.45) is 4.30. The van der Waals surface area contributed by atoms with Crippen LogP contribution in [0.4, 0.5) is 4.79 Å². The molecule has 0 spiro atoms. The van der Waals surface area contributed by atoms with Crippen LogP contribution in [-0.4, -0.2) is 31.2 Å². The van der Waals surface area contributed by atoms with Gasteiger partial charge in [-0.15, -0.1) is 0 Å². The number of fused-ring (bicyclic) bond motifs is 1. The third-order valence-corrected chi connectivity index (χ3v) is 3.06. The molecule has 0 aromatic carbocycles. The van der Waals surface area contributed by atoms with E-state index in [-0.39, 0.29) is 23.8 Å². The summed E-state index contributed by atoms with van der Waals surface area (Å²) in [4.78, 5) is 22.9. The first-order valence-electron chi connectivity index (χ1n) is 5.60. The van der Waals surface area contributed by atoms with Crippen molar-refractivity contribution in [2.75, 3.05) is 13.2 Å². The van der Waals surface area contributed by atoms with Gasteiger partial charge in [0, 0.05) is 18.5 Å². The quantitative estimate of drug-likeness (QED) is 0.668. The molecule has 1 saturated heterocycles. The Morgan fingerprint density at radius 1 is 1.69 bits per heavy atom. The number of nitrogens with one attached hydrogen (secondary N) is 2. The summed E-state index contributed by atoms with van der Waals surface area (Å²) < 4.78 is 4.82. The fourth-order valence-corrected chi connectivity index (χ4v) is 2.35. The second-order valence-electron chi connectivity index (χ2n) is 4.07. The fraction of sp³-hybridized carbons (Fsp3) is 0.636. The average Bonchev–Trinajstić information content (AvgIpc) is 2.62. The highest BCUT2D eigenvalue weighted by Crippen LogP contribution is 2.28. The lowest BCUT2D eigenvalue weighted by Crippen LogP contribution is -2.45. The minimum atomic E-state index is -0.443. The van der Waals surface area contributed by atoms with Gasteiger partial charge >= 0.3 is 6.09 Å². The molecule has 0 aromatic heterocycles. The van der Waals surface area contributed by atoms with E-state index in [4.69, 9.17) is 4.74 Å². The summed E-state index contributed by atoms with van der Waals surface area (Å²) in [6, 6.07) is -0.142. The van der Waals surface area contributed by atoms with Crippen molar-refractivity contribution >= 4 is 12.0 Å². The van der Waals surface area contributed by atoms with Crippen LogP contribution in [0.5, 0.6) is 0 Å². The van der Waals surface area contributed by atoms with Gasteiger partial charge in [-0.3, -0.25) is 4.79 Å². The molecule has 2 amide bonds. The molecule has 1 fully saturated rings. The predicted octanol–water partition coefficient (Wildman–Crippen LogP) is 0.423. The zero-order valence-corrected chi connectivity index (χ0v) is 9.23. The first-order chi connectivity index (χ1) is 7.72. The number of rotatable bonds is 2. The lowest BCUT2D eigenvalue weighted by Gasteiger charge is -2.27. The number of hydrogen-bond acceptors (Lipinski definition) is 3. The first-order valence-corrected chi connectivity index (χ1v) is 5.60. The summed E-state index contributed by atoms with van der Waals surface area (Å²) in [7, 11) is 0. The SMILES string of the molecule is CCOC(=O)N[C@H]1CC=C[C@@H]2CNC(=O)[C@@H]21. The standard InChI is InChI=1S/C11H16N2O3/c1-2-16-11(15)13-8-5-3-4-7-6-12-10(14)9(7)8/h3-4,7-9H,2,5-6H2,1H3,(H,12,14)(H,13,15)/t7-,8+,9+/m1/s1. The second kappa shape index (κ2) is 4.55. The summed E-state index contributed by atoms with van der Waals surface area (Å²) in [5.41, 5.74) is 0. The van der Waals surface area contributed by atoms with Gasteiger partial charge in [-0.2, -0.15) is 0 Å². The van der Waals surface area contributed by atoms with Crippen LogP contribution in [0.3, 0.4) is 0 Å². The molecule has 0 radical (unpaired) electrons. The van der Waals surface area contributed by atoms with Gasteiger partial charge in [0.05, 0.1) is 12.5 Å². The Labute approximate surface area is 94.2 Å². The lowest BCUT2D eigenvalue weighted by atomic mass is 9.82. The van der Waals surface area contributed by atoms with Crippen LogP contribution >= 0.6 is 0 Å². The minimum Gasteiger partial charge on any atom is -0.450 e. The molecule has 3 atom stereocenters. The molecule has 2 aliphatic rings. The maximum Gasteiger partial charge on any atom is 0.407 e. The molecule has 5 heteroatoms. The van der Waals surface area contributed by atoms with Crippen LogP contribution in [0.2, 0.25) is 0 Å². The number of carbonyl (C=O) groups excluding carboxylic acids is 2. The van der Waals surface area contributed by atoms with E-state index in [0.717, 1.165) is 0 Å². The molecular weight excluding hydrogens is 208 g/mol. The van der Waals surface area contributed by atoms with Crippen molar-refractivity contribution in [1.29, 1.82) is 0 Å². The van der Waals surface area contributed by atoms with Crippen LogP contribution in [-0.2, 0) is 9.53 Å². The molecule has 1 aliphatic carbocycles. The van der Waals surface area contributed by atoms with E-state index in [0.29, 0.717) is 19.6 Å². The predicted molar refractivity (Wildman–Crippen MR) is 57.7 cm³/mol. The van der Waals surface area contributed by atoms with E-state index in [1.807, 2.05) is 12.2 Å². The van der Waals surface area contributed by atoms with Crippen LogP contribution in [0, 0.1) is 11.8 Å². The van der Waals surface area contributed by atoms with Crippen molar-refractivity contribution in [2.24, 2.45) is 11.8 Å². The second-order valence-corrected chi connectivity index (χ2v) is 4.07. The van der Waals surface area contributed by atoms with E-state index in [1.165, 1.54) is 0 Å². The molecule has 0 unspecified atom stereocenters. The van der Waals surface area contributed by atoms with Gasteiger partial charge in [0.2, 0.25) is 5.91 Å². The lowest BCUT2D eigenvalue weighted by molar-refractivity contribution is -0.123. The molecule has 16 heavy (non-hydrogen) atoms. The number of alkyl carbamates (subject to hydrolysis) is 1. The number of carbonyl (C=O) groups is 2. The largest absolute Gasteiger partial charge is 0.450 e. The molecule has 5 nitrogen and oxygen atoms in total. The summed E-state index contributed by atoms with van der Waals surface area (Å²) >= 11 is 0. The Balaban J connectivity index is 2.01. The van der Waals surface area contributed by atoms with Crippen LogP contribution in [0.15, 0.2) is 12.2 Å². The Morgan fingerprint density at radius 3 is 3.25 bits per heavy atom. The fourth-order valence-electron chi connectivity index (χ4n) is 2.35. The van der Waals surface area contributed by atoms with E-state index in [2.05, 4.69) is 10.6 Å². The summed E-state index contributed by atoms with van der Waals surface area (Å²) in [6.45, 7) is 2.77. The maximum absolute atomic E-state index is 11.6. The highest BCUT2D eigenvalue weighted by Gasteiger charge is 2.41. The molecular formula is C11H16N2O3. The molecule has 0 bridgehead atoms. The number of ether oxygens (including phenoxy) is 1. The van der Waals surface area contributed by atoms with Gasteiger partial charge < -0.3 is 15.4 Å². The number of amides is 2. The zero-order valence-electron chi connectivity index (χ0n) is 9.23. The van der Waals surface area contributed by atoms with E-state index in [9.17, 15) is 9.59 Å². The topological polar surface area (TPSA) is 67.4 Å². The normalized spacial score (nSPS) is 31.8. The van der Waals surface area contributed by atoms with Crippen molar-refractivity contribution in [1.82, 2.24) is 10.6 Å². The molecule has 1 heterocycles. The van der Waals surface area contributed by atoms with Gasteiger partial charge in [-0.05, 0) is 13.3 Å².